The van der Waals surface area contributed by atoms with Crippen LogP contribution in [0.25, 0.3) is 10.8 Å². The number of hydrogen-bond acceptors (Lipinski definition) is 1. The zero-order valence-corrected chi connectivity index (χ0v) is 12.6. The van der Waals surface area contributed by atoms with E-state index < -0.39 is 0 Å². The third kappa shape index (κ3) is 2.60. The normalized spacial score (nSPS) is 24.7. The Morgan fingerprint density at radius 1 is 1.05 bits per heavy atom. The first-order valence-corrected chi connectivity index (χ1v) is 7.94. The number of fused-ring (bicyclic) bond motifs is 1. The van der Waals surface area contributed by atoms with Gasteiger partial charge in [0.05, 0.1) is 0 Å². The van der Waals surface area contributed by atoms with Crippen LogP contribution >= 0.6 is 0 Å². The average molecular weight is 267 g/mol. The van der Waals surface area contributed by atoms with Crippen molar-refractivity contribution in [3.63, 3.8) is 0 Å². The summed E-state index contributed by atoms with van der Waals surface area (Å²) in [6, 6.07) is 16.0. The van der Waals surface area contributed by atoms with Crippen LogP contribution in [-0.2, 0) is 0 Å². The van der Waals surface area contributed by atoms with Crippen molar-refractivity contribution >= 4 is 10.8 Å². The minimum absolute atomic E-state index is 0.490. The highest BCUT2D eigenvalue weighted by atomic mass is 14.9. The van der Waals surface area contributed by atoms with Gasteiger partial charge in [-0.1, -0.05) is 62.2 Å². The highest BCUT2D eigenvalue weighted by Gasteiger charge is 2.27. The fraction of sp³-hybridized carbons (Fsp3) is 0.474. The Morgan fingerprint density at radius 3 is 2.65 bits per heavy atom. The molecule has 106 valence electrons. The molecule has 1 aliphatic rings. The van der Waals surface area contributed by atoms with Gasteiger partial charge in [-0.05, 0) is 48.1 Å². The van der Waals surface area contributed by atoms with Crippen LogP contribution in [0.3, 0.4) is 0 Å². The lowest BCUT2D eigenvalue weighted by Crippen LogP contribution is -2.29. The van der Waals surface area contributed by atoms with E-state index in [1.54, 1.807) is 0 Å². The molecule has 0 radical (unpaired) electrons. The molecule has 1 heteroatoms. The van der Waals surface area contributed by atoms with Gasteiger partial charge in [0, 0.05) is 6.04 Å². The fourth-order valence-electron chi connectivity index (χ4n) is 3.95. The summed E-state index contributed by atoms with van der Waals surface area (Å²) < 4.78 is 0. The van der Waals surface area contributed by atoms with Crippen LogP contribution in [0.1, 0.15) is 44.2 Å². The summed E-state index contributed by atoms with van der Waals surface area (Å²) in [6.45, 7) is 2.40. The van der Waals surface area contributed by atoms with Gasteiger partial charge in [-0.25, -0.2) is 0 Å². The van der Waals surface area contributed by atoms with Gasteiger partial charge in [-0.2, -0.15) is 0 Å². The van der Waals surface area contributed by atoms with Crippen molar-refractivity contribution in [2.24, 2.45) is 11.8 Å². The van der Waals surface area contributed by atoms with E-state index in [1.807, 2.05) is 0 Å². The minimum Gasteiger partial charge on any atom is -0.313 e. The van der Waals surface area contributed by atoms with Crippen LogP contribution in [0.4, 0.5) is 0 Å². The summed E-state index contributed by atoms with van der Waals surface area (Å²) in [5, 5.41) is 6.37. The van der Waals surface area contributed by atoms with Crippen molar-refractivity contribution < 1.29 is 0 Å². The Kier molecular flexibility index (Phi) is 4.07. The number of nitrogens with one attached hydrogen (secondary N) is 1. The molecule has 0 bridgehead atoms. The molecule has 0 aromatic heterocycles. The maximum absolute atomic E-state index is 3.60. The predicted molar refractivity (Wildman–Crippen MR) is 86.9 cm³/mol. The van der Waals surface area contributed by atoms with Crippen molar-refractivity contribution in [2.45, 2.75) is 38.6 Å². The van der Waals surface area contributed by atoms with Crippen LogP contribution in [0, 0.1) is 11.8 Å². The molecule has 3 atom stereocenters. The van der Waals surface area contributed by atoms with E-state index in [-0.39, 0.29) is 0 Å². The van der Waals surface area contributed by atoms with Crippen LogP contribution in [-0.4, -0.2) is 7.05 Å². The largest absolute Gasteiger partial charge is 0.313 e. The summed E-state index contributed by atoms with van der Waals surface area (Å²) in [4.78, 5) is 0. The monoisotopic (exact) mass is 267 g/mol. The van der Waals surface area contributed by atoms with E-state index >= 15 is 0 Å². The smallest absolute Gasteiger partial charge is 0.0352 e. The van der Waals surface area contributed by atoms with Crippen molar-refractivity contribution in [2.75, 3.05) is 7.05 Å². The second-order valence-electron chi connectivity index (χ2n) is 6.37. The molecule has 0 saturated heterocycles. The summed E-state index contributed by atoms with van der Waals surface area (Å²) >= 11 is 0. The number of benzene rings is 2. The molecular weight excluding hydrogens is 242 g/mol. The SMILES string of the molecule is CNC(c1cccc2ccccc12)C1CCCC(C)C1. The van der Waals surface area contributed by atoms with Crippen LogP contribution in [0.5, 0.6) is 0 Å². The van der Waals surface area contributed by atoms with Crippen LogP contribution in [0.15, 0.2) is 42.5 Å². The van der Waals surface area contributed by atoms with E-state index in [4.69, 9.17) is 0 Å². The molecule has 2 aromatic carbocycles. The lowest BCUT2D eigenvalue weighted by molar-refractivity contribution is 0.231. The van der Waals surface area contributed by atoms with Gasteiger partial charge in [0.2, 0.25) is 0 Å². The molecule has 3 unspecified atom stereocenters. The molecule has 0 aliphatic heterocycles. The summed E-state index contributed by atoms with van der Waals surface area (Å²) in [6.07, 6.45) is 5.51. The molecule has 0 heterocycles. The van der Waals surface area contributed by atoms with Crippen molar-refractivity contribution in [3.05, 3.63) is 48.0 Å². The molecule has 1 aliphatic carbocycles. The highest BCUT2D eigenvalue weighted by molar-refractivity contribution is 5.86. The van der Waals surface area contributed by atoms with E-state index in [0.717, 1.165) is 11.8 Å². The van der Waals surface area contributed by atoms with Crippen molar-refractivity contribution in [3.8, 4) is 0 Å². The first-order valence-electron chi connectivity index (χ1n) is 7.94. The Balaban J connectivity index is 1.98. The third-order valence-corrected chi connectivity index (χ3v) is 4.92. The number of hydrogen-bond donors (Lipinski definition) is 1. The highest BCUT2D eigenvalue weighted by Crippen LogP contribution is 2.38. The second-order valence-corrected chi connectivity index (χ2v) is 6.37. The zero-order chi connectivity index (χ0) is 13.9. The van der Waals surface area contributed by atoms with Gasteiger partial charge < -0.3 is 5.32 Å². The molecule has 1 fully saturated rings. The van der Waals surface area contributed by atoms with Crippen molar-refractivity contribution in [1.82, 2.24) is 5.32 Å². The van der Waals surface area contributed by atoms with Crippen LogP contribution in [0.2, 0.25) is 0 Å². The number of rotatable bonds is 3. The van der Waals surface area contributed by atoms with E-state index in [0.29, 0.717) is 6.04 Å². The molecule has 20 heavy (non-hydrogen) atoms. The Bertz CT molecular complexity index is 569. The zero-order valence-electron chi connectivity index (χ0n) is 12.6. The Hall–Kier alpha value is -1.34. The third-order valence-electron chi connectivity index (χ3n) is 4.92. The molecule has 0 amide bonds. The molecule has 1 saturated carbocycles. The summed E-state index contributed by atoms with van der Waals surface area (Å²) in [5.74, 6) is 1.65. The maximum Gasteiger partial charge on any atom is 0.0352 e. The maximum atomic E-state index is 3.60. The quantitative estimate of drug-likeness (QED) is 0.831. The van der Waals surface area contributed by atoms with Crippen LogP contribution < -0.4 is 5.32 Å². The predicted octanol–water partition coefficient (Wildman–Crippen LogP) is 4.93. The molecule has 1 nitrogen and oxygen atoms in total. The van der Waals surface area contributed by atoms with Gasteiger partial charge in [0.25, 0.3) is 0 Å². The molecular formula is C19H25N. The van der Waals surface area contributed by atoms with Gasteiger partial charge >= 0.3 is 0 Å². The minimum atomic E-state index is 0.490. The summed E-state index contributed by atoms with van der Waals surface area (Å²) in [5.41, 5.74) is 1.48. The standard InChI is InChI=1S/C19H25N/c1-14-7-5-10-16(13-14)19(20-2)18-12-6-9-15-8-3-4-11-17(15)18/h3-4,6,8-9,11-12,14,16,19-20H,5,7,10,13H2,1-2H3. The topological polar surface area (TPSA) is 12.0 Å². The van der Waals surface area contributed by atoms with E-state index in [2.05, 4.69) is 61.8 Å². The van der Waals surface area contributed by atoms with E-state index in [1.165, 1.54) is 42.0 Å². The first kappa shape index (κ1) is 13.6. The van der Waals surface area contributed by atoms with Gasteiger partial charge in [0.1, 0.15) is 0 Å². The molecule has 0 spiro atoms. The first-order chi connectivity index (χ1) is 9.79. The summed E-state index contributed by atoms with van der Waals surface area (Å²) in [7, 11) is 2.12. The lowest BCUT2D eigenvalue weighted by Gasteiger charge is -2.34. The van der Waals surface area contributed by atoms with E-state index in [9.17, 15) is 0 Å². The Labute approximate surface area is 122 Å². The van der Waals surface area contributed by atoms with Gasteiger partial charge in [-0.15, -0.1) is 0 Å². The lowest BCUT2D eigenvalue weighted by atomic mass is 9.76. The van der Waals surface area contributed by atoms with Gasteiger partial charge in [-0.3, -0.25) is 0 Å². The fourth-order valence-corrected chi connectivity index (χ4v) is 3.95. The molecule has 1 N–H and O–H groups in total. The van der Waals surface area contributed by atoms with Crippen molar-refractivity contribution in [1.29, 1.82) is 0 Å². The molecule has 2 aromatic rings. The molecule has 3 rings (SSSR count). The Morgan fingerprint density at radius 2 is 1.85 bits per heavy atom. The average Bonchev–Trinajstić information content (AvgIpc) is 2.48. The van der Waals surface area contributed by atoms with Gasteiger partial charge in [0.15, 0.2) is 0 Å². The second kappa shape index (κ2) is 5.97.